The van der Waals surface area contributed by atoms with Gasteiger partial charge in [0.15, 0.2) is 0 Å². The van der Waals surface area contributed by atoms with E-state index in [9.17, 15) is 31.9 Å². The highest BCUT2D eigenvalue weighted by Crippen LogP contribution is 2.46. The van der Waals surface area contributed by atoms with Crippen LogP contribution in [-0.2, 0) is 15.9 Å². The Morgan fingerprint density at radius 2 is 1.90 bits per heavy atom. The molecule has 1 amide bonds. The van der Waals surface area contributed by atoms with Gasteiger partial charge in [-0.15, -0.1) is 0 Å². The van der Waals surface area contributed by atoms with Crippen LogP contribution in [0.2, 0.25) is 5.15 Å². The van der Waals surface area contributed by atoms with Crippen molar-refractivity contribution >= 4 is 23.2 Å². The second kappa shape index (κ2) is 8.23. The SMILES string of the molecule is CC(O)(CC(=O)NC1(c2cc(NCC(F)(F)F)cc(Cl)n2)CC1)c1ccc(F)cc1F. The molecule has 0 bridgehead atoms. The predicted molar refractivity (Wildman–Crippen MR) is 103 cm³/mol. The second-order valence-electron chi connectivity index (χ2n) is 7.74. The first-order chi connectivity index (χ1) is 14.3. The molecule has 0 aliphatic heterocycles. The maximum atomic E-state index is 14.0. The largest absolute Gasteiger partial charge is 0.405 e. The van der Waals surface area contributed by atoms with E-state index >= 15 is 0 Å². The van der Waals surface area contributed by atoms with E-state index in [1.807, 2.05) is 0 Å². The van der Waals surface area contributed by atoms with Crippen LogP contribution in [0.4, 0.5) is 27.6 Å². The first kappa shape index (κ1) is 23.2. The summed E-state index contributed by atoms with van der Waals surface area (Å²) >= 11 is 5.93. The molecule has 31 heavy (non-hydrogen) atoms. The fourth-order valence-electron chi connectivity index (χ4n) is 3.26. The lowest BCUT2D eigenvalue weighted by Crippen LogP contribution is -2.39. The molecule has 1 aromatic heterocycles. The predicted octanol–water partition coefficient (Wildman–Crippen LogP) is 4.39. The van der Waals surface area contributed by atoms with Gasteiger partial charge in [-0.05, 0) is 38.0 Å². The lowest BCUT2D eigenvalue weighted by atomic mass is 9.91. The Morgan fingerprint density at radius 1 is 1.23 bits per heavy atom. The second-order valence-corrected chi connectivity index (χ2v) is 8.12. The minimum Gasteiger partial charge on any atom is -0.385 e. The Morgan fingerprint density at radius 3 is 2.48 bits per heavy atom. The standard InChI is InChI=1S/C20H19ClF5N3O2/c1-18(31,13-3-2-11(22)6-14(13)23)9-17(30)29-19(4-5-19)15-7-12(8-16(21)28-15)27-10-20(24,25)26/h2-3,6-8,31H,4-5,9-10H2,1H3,(H,27,28)(H,29,30). The summed E-state index contributed by atoms with van der Waals surface area (Å²) in [5.41, 5.74) is -2.75. The number of nitrogens with one attached hydrogen (secondary N) is 2. The Labute approximate surface area is 179 Å². The van der Waals surface area contributed by atoms with Crippen LogP contribution in [0, 0.1) is 11.6 Å². The molecule has 3 N–H and O–H groups in total. The molecule has 168 valence electrons. The number of hydrogen-bond acceptors (Lipinski definition) is 4. The van der Waals surface area contributed by atoms with Gasteiger partial charge in [0.1, 0.15) is 23.3 Å². The van der Waals surface area contributed by atoms with Crippen molar-refractivity contribution in [1.29, 1.82) is 0 Å². The number of hydrogen-bond donors (Lipinski definition) is 3. The quantitative estimate of drug-likeness (QED) is 0.420. The molecule has 1 aliphatic carbocycles. The first-order valence-electron chi connectivity index (χ1n) is 9.27. The van der Waals surface area contributed by atoms with Crippen molar-refractivity contribution in [3.8, 4) is 0 Å². The van der Waals surface area contributed by atoms with Gasteiger partial charge in [-0.25, -0.2) is 13.8 Å². The summed E-state index contributed by atoms with van der Waals surface area (Å²) in [5, 5.41) is 15.4. The molecule has 3 rings (SSSR count). The topological polar surface area (TPSA) is 74.2 Å². The molecular formula is C20H19ClF5N3O2. The van der Waals surface area contributed by atoms with Crippen LogP contribution < -0.4 is 10.6 Å². The van der Waals surface area contributed by atoms with Crippen molar-refractivity contribution < 1.29 is 31.9 Å². The average Bonchev–Trinajstić information content (AvgIpc) is 3.38. The fourth-order valence-corrected chi connectivity index (χ4v) is 3.47. The number of amides is 1. The summed E-state index contributed by atoms with van der Waals surface area (Å²) in [6.45, 7) is -0.0441. The number of pyridine rings is 1. The summed E-state index contributed by atoms with van der Waals surface area (Å²) in [6, 6.07) is 5.23. The number of alkyl halides is 3. The number of carbonyl (C=O) groups excluding carboxylic acids is 1. The molecule has 2 aromatic rings. The van der Waals surface area contributed by atoms with Gasteiger partial charge in [0.2, 0.25) is 5.91 Å². The van der Waals surface area contributed by atoms with E-state index in [0.717, 1.165) is 12.1 Å². The van der Waals surface area contributed by atoms with Gasteiger partial charge in [0.25, 0.3) is 0 Å². The third-order valence-corrected chi connectivity index (χ3v) is 5.12. The van der Waals surface area contributed by atoms with Crippen LogP contribution in [0.1, 0.15) is 37.4 Å². The number of halogens is 6. The molecular weight excluding hydrogens is 445 g/mol. The number of aromatic nitrogens is 1. The van der Waals surface area contributed by atoms with Gasteiger partial charge in [-0.2, -0.15) is 13.2 Å². The van der Waals surface area contributed by atoms with Gasteiger partial charge in [0.05, 0.1) is 23.3 Å². The lowest BCUT2D eigenvalue weighted by molar-refractivity contribution is -0.127. The Bertz CT molecular complexity index is 993. The highest BCUT2D eigenvalue weighted by molar-refractivity contribution is 6.29. The average molecular weight is 464 g/mol. The molecule has 0 spiro atoms. The zero-order valence-electron chi connectivity index (χ0n) is 16.3. The number of anilines is 1. The van der Waals surface area contributed by atoms with E-state index in [1.165, 1.54) is 19.1 Å². The molecule has 1 atom stereocenters. The number of benzene rings is 1. The van der Waals surface area contributed by atoms with Crippen molar-refractivity contribution in [3.63, 3.8) is 0 Å². The van der Waals surface area contributed by atoms with Crippen LogP contribution in [0.5, 0.6) is 0 Å². The number of rotatable bonds is 7. The molecule has 1 unspecified atom stereocenters. The van der Waals surface area contributed by atoms with Gasteiger partial charge in [-0.1, -0.05) is 17.7 Å². The maximum Gasteiger partial charge on any atom is 0.405 e. The van der Waals surface area contributed by atoms with E-state index in [1.54, 1.807) is 0 Å². The van der Waals surface area contributed by atoms with Crippen molar-refractivity contribution in [2.75, 3.05) is 11.9 Å². The van der Waals surface area contributed by atoms with Crippen molar-refractivity contribution in [2.45, 2.75) is 43.5 Å². The Hall–Kier alpha value is -2.46. The monoisotopic (exact) mass is 463 g/mol. The number of carbonyl (C=O) groups is 1. The molecule has 11 heteroatoms. The van der Waals surface area contributed by atoms with Crippen LogP contribution in [-0.4, -0.2) is 28.7 Å². The van der Waals surface area contributed by atoms with Gasteiger partial charge in [-0.3, -0.25) is 4.79 Å². The first-order valence-corrected chi connectivity index (χ1v) is 9.65. The summed E-state index contributed by atoms with van der Waals surface area (Å²) < 4.78 is 64.5. The highest BCUT2D eigenvalue weighted by Gasteiger charge is 2.48. The Balaban J connectivity index is 1.73. The van der Waals surface area contributed by atoms with Crippen LogP contribution >= 0.6 is 11.6 Å². The lowest BCUT2D eigenvalue weighted by Gasteiger charge is -2.26. The third-order valence-electron chi connectivity index (χ3n) is 4.92. The van der Waals surface area contributed by atoms with Crippen LogP contribution in [0.3, 0.4) is 0 Å². The summed E-state index contributed by atoms with van der Waals surface area (Å²) in [5.74, 6) is -2.45. The summed E-state index contributed by atoms with van der Waals surface area (Å²) in [7, 11) is 0. The molecule has 0 saturated heterocycles. The molecule has 1 heterocycles. The van der Waals surface area contributed by atoms with Gasteiger partial charge < -0.3 is 15.7 Å². The molecule has 1 aliphatic rings. The molecule has 1 saturated carbocycles. The number of nitrogens with zero attached hydrogens (tertiary/aromatic N) is 1. The van der Waals surface area contributed by atoms with Crippen LogP contribution in [0.25, 0.3) is 0 Å². The van der Waals surface area contributed by atoms with Gasteiger partial charge in [0, 0.05) is 17.3 Å². The van der Waals surface area contributed by atoms with E-state index in [0.29, 0.717) is 18.9 Å². The van der Waals surface area contributed by atoms with Crippen molar-refractivity contribution in [3.05, 3.63) is 58.4 Å². The molecule has 5 nitrogen and oxygen atoms in total. The maximum absolute atomic E-state index is 14.0. The van der Waals surface area contributed by atoms with E-state index in [-0.39, 0.29) is 22.1 Å². The summed E-state index contributed by atoms with van der Waals surface area (Å²) in [4.78, 5) is 16.7. The summed E-state index contributed by atoms with van der Waals surface area (Å²) in [6.07, 6.45) is -4.05. The van der Waals surface area contributed by atoms with E-state index in [2.05, 4.69) is 15.6 Å². The Kier molecular flexibility index (Phi) is 6.16. The van der Waals surface area contributed by atoms with Crippen molar-refractivity contribution in [2.24, 2.45) is 0 Å². The van der Waals surface area contributed by atoms with Gasteiger partial charge >= 0.3 is 6.18 Å². The fraction of sp³-hybridized carbons (Fsp3) is 0.400. The normalized spacial score (nSPS) is 17.0. The molecule has 0 radical (unpaired) electrons. The highest BCUT2D eigenvalue weighted by atomic mass is 35.5. The van der Waals surface area contributed by atoms with E-state index in [4.69, 9.17) is 11.6 Å². The smallest absolute Gasteiger partial charge is 0.385 e. The number of aliphatic hydroxyl groups is 1. The third kappa shape index (κ3) is 5.82. The zero-order chi connectivity index (χ0) is 23.0. The van der Waals surface area contributed by atoms with Crippen LogP contribution in [0.15, 0.2) is 30.3 Å². The zero-order valence-corrected chi connectivity index (χ0v) is 17.0. The minimum atomic E-state index is -4.43. The molecule has 1 fully saturated rings. The van der Waals surface area contributed by atoms with Crippen molar-refractivity contribution in [1.82, 2.24) is 10.3 Å². The minimum absolute atomic E-state index is 0.0527. The van der Waals surface area contributed by atoms with E-state index < -0.39 is 47.8 Å². The molecule has 1 aromatic carbocycles.